The Bertz CT molecular complexity index is 702. The van der Waals surface area contributed by atoms with Gasteiger partial charge in [0.05, 0.1) is 15.7 Å². The van der Waals surface area contributed by atoms with Crippen molar-refractivity contribution >= 4 is 9.84 Å². The molecule has 0 saturated heterocycles. The Labute approximate surface area is 133 Å². The Hall–Kier alpha value is -1.86. The van der Waals surface area contributed by atoms with Gasteiger partial charge in [0.15, 0.2) is 9.84 Å². The highest BCUT2D eigenvalue weighted by Gasteiger charge is 2.37. The summed E-state index contributed by atoms with van der Waals surface area (Å²) in [6.07, 6.45) is 5.87. The lowest BCUT2D eigenvalue weighted by Crippen LogP contribution is -2.33. The number of hydrogen-bond acceptors (Lipinski definition) is 3. The number of benzene rings is 1. The topological polar surface area (TPSA) is 57.9 Å². The molecular formula is C18H23NO2S. The predicted octanol–water partition coefficient (Wildman–Crippen LogP) is 4.35. The average molecular weight is 317 g/mol. The van der Waals surface area contributed by atoms with Gasteiger partial charge in [-0.05, 0) is 52.7 Å². The molecule has 0 unspecified atom stereocenters. The number of nitriles is 1. The summed E-state index contributed by atoms with van der Waals surface area (Å²) in [6.45, 7) is 7.56. The molecule has 0 aliphatic heterocycles. The van der Waals surface area contributed by atoms with Gasteiger partial charge in [0, 0.05) is 6.08 Å². The summed E-state index contributed by atoms with van der Waals surface area (Å²) in [6, 6.07) is 8.73. The second kappa shape index (κ2) is 7.42. The molecular weight excluding hydrogens is 294 g/mol. The zero-order valence-corrected chi connectivity index (χ0v) is 14.4. The predicted molar refractivity (Wildman–Crippen MR) is 90.2 cm³/mol. The molecule has 0 heterocycles. The highest BCUT2D eigenvalue weighted by atomic mass is 32.2. The largest absolute Gasteiger partial charge is 0.223 e. The summed E-state index contributed by atoms with van der Waals surface area (Å²) in [7, 11) is -3.55. The summed E-state index contributed by atoms with van der Waals surface area (Å²) < 4.78 is 24.8. The molecule has 0 amide bonds. The van der Waals surface area contributed by atoms with E-state index in [0.717, 1.165) is 11.1 Å². The van der Waals surface area contributed by atoms with Crippen LogP contribution in [-0.4, -0.2) is 13.2 Å². The third kappa shape index (κ3) is 4.32. The lowest BCUT2D eigenvalue weighted by Gasteiger charge is -2.25. The Morgan fingerprint density at radius 2 is 1.86 bits per heavy atom. The van der Waals surface area contributed by atoms with Crippen molar-refractivity contribution in [2.75, 3.05) is 0 Å². The van der Waals surface area contributed by atoms with E-state index in [1.165, 1.54) is 12.2 Å². The normalized spacial score (nSPS) is 14.3. The fraction of sp³-hybridized carbons (Fsp3) is 0.389. The lowest BCUT2D eigenvalue weighted by molar-refractivity contribution is 0.550. The maximum atomic E-state index is 13.0. The van der Waals surface area contributed by atoms with Gasteiger partial charge in [-0.15, -0.1) is 0 Å². The quantitative estimate of drug-likeness (QED) is 0.579. The van der Waals surface area contributed by atoms with E-state index in [1.54, 1.807) is 31.2 Å². The Morgan fingerprint density at radius 3 is 2.36 bits per heavy atom. The number of hydrogen-bond donors (Lipinski definition) is 0. The van der Waals surface area contributed by atoms with Gasteiger partial charge in [-0.25, -0.2) is 8.42 Å². The number of aryl methyl sites for hydroxylation is 1. The van der Waals surface area contributed by atoms with E-state index in [4.69, 9.17) is 5.26 Å². The van der Waals surface area contributed by atoms with Crippen molar-refractivity contribution in [3.8, 4) is 6.07 Å². The van der Waals surface area contributed by atoms with E-state index in [-0.39, 0.29) is 0 Å². The van der Waals surface area contributed by atoms with E-state index in [9.17, 15) is 8.42 Å². The first-order chi connectivity index (χ1) is 10.2. The molecule has 0 spiro atoms. The van der Waals surface area contributed by atoms with Crippen molar-refractivity contribution in [2.45, 2.75) is 50.2 Å². The zero-order valence-electron chi connectivity index (χ0n) is 13.6. The fourth-order valence-electron chi connectivity index (χ4n) is 2.15. The zero-order chi connectivity index (χ0) is 16.8. The molecule has 1 rings (SSSR count). The van der Waals surface area contributed by atoms with Crippen LogP contribution in [0, 0.1) is 18.3 Å². The highest BCUT2D eigenvalue weighted by molar-refractivity contribution is 7.93. The third-order valence-corrected chi connectivity index (χ3v) is 6.11. The first kappa shape index (κ1) is 18.2. The Balaban J connectivity index is 3.25. The van der Waals surface area contributed by atoms with Gasteiger partial charge < -0.3 is 0 Å². The van der Waals surface area contributed by atoms with Gasteiger partial charge in [0.25, 0.3) is 0 Å². The van der Waals surface area contributed by atoms with E-state index < -0.39 is 14.6 Å². The molecule has 3 nitrogen and oxygen atoms in total. The molecule has 0 saturated carbocycles. The Kier molecular flexibility index (Phi) is 6.13. The van der Waals surface area contributed by atoms with Crippen LogP contribution in [0.25, 0.3) is 0 Å². The second-order valence-corrected chi connectivity index (χ2v) is 8.32. The summed E-state index contributed by atoms with van der Waals surface area (Å²) >= 11 is 0. The summed E-state index contributed by atoms with van der Waals surface area (Å²) in [5, 5.41) is 8.77. The minimum absolute atomic E-state index is 0.292. The number of allylic oxidation sites excluding steroid dienone is 3. The van der Waals surface area contributed by atoms with Gasteiger partial charge in [-0.1, -0.05) is 35.4 Å². The average Bonchev–Trinajstić information content (AvgIpc) is 2.45. The molecule has 4 heteroatoms. The van der Waals surface area contributed by atoms with Crippen LogP contribution in [0.15, 0.2) is 53.0 Å². The molecule has 118 valence electrons. The van der Waals surface area contributed by atoms with Gasteiger partial charge in [0.2, 0.25) is 0 Å². The van der Waals surface area contributed by atoms with Crippen molar-refractivity contribution in [2.24, 2.45) is 0 Å². The van der Waals surface area contributed by atoms with Gasteiger partial charge in [-0.2, -0.15) is 5.26 Å². The highest BCUT2D eigenvalue weighted by Crippen LogP contribution is 2.32. The standard InChI is InChI=1S/C18H23NO2S/c1-15(2)7-5-12-18(4,13-6-14-19)22(20,21)17-10-8-16(3)9-11-17/h6-11,13H,5,12H2,1-4H3/b13-6+/t18-/m1/s1. The molecule has 1 atom stereocenters. The SMILES string of the molecule is CC(C)=CCC[C@](C)(/C=C/C#N)S(=O)(=O)c1ccc(C)cc1. The maximum absolute atomic E-state index is 13.0. The van der Waals surface area contributed by atoms with Crippen molar-refractivity contribution < 1.29 is 8.42 Å². The van der Waals surface area contributed by atoms with E-state index in [1.807, 2.05) is 32.9 Å². The summed E-state index contributed by atoms with van der Waals surface area (Å²) in [5.41, 5.74) is 2.16. The van der Waals surface area contributed by atoms with Crippen LogP contribution in [0.5, 0.6) is 0 Å². The van der Waals surface area contributed by atoms with E-state index >= 15 is 0 Å². The summed E-state index contributed by atoms with van der Waals surface area (Å²) in [4.78, 5) is 0.292. The smallest absolute Gasteiger partial charge is 0.187 e. The van der Waals surface area contributed by atoms with Crippen LogP contribution in [-0.2, 0) is 9.84 Å². The van der Waals surface area contributed by atoms with Crippen molar-refractivity contribution in [3.63, 3.8) is 0 Å². The van der Waals surface area contributed by atoms with Crippen LogP contribution in [0.1, 0.15) is 39.2 Å². The summed E-state index contributed by atoms with van der Waals surface area (Å²) in [5.74, 6) is 0. The third-order valence-electron chi connectivity index (χ3n) is 3.65. The fourth-order valence-corrected chi connectivity index (χ4v) is 3.82. The van der Waals surface area contributed by atoms with Crippen LogP contribution in [0.2, 0.25) is 0 Å². The van der Waals surface area contributed by atoms with Crippen molar-refractivity contribution in [1.82, 2.24) is 0 Å². The van der Waals surface area contributed by atoms with Gasteiger partial charge in [-0.3, -0.25) is 0 Å². The molecule has 0 fully saturated rings. The molecule has 0 aliphatic carbocycles. The molecule has 0 aromatic heterocycles. The molecule has 0 aliphatic rings. The van der Waals surface area contributed by atoms with Crippen molar-refractivity contribution in [1.29, 1.82) is 5.26 Å². The molecule has 0 bridgehead atoms. The Morgan fingerprint density at radius 1 is 1.27 bits per heavy atom. The number of nitrogens with zero attached hydrogens (tertiary/aromatic N) is 1. The number of rotatable bonds is 6. The minimum Gasteiger partial charge on any atom is -0.223 e. The minimum atomic E-state index is -3.55. The van der Waals surface area contributed by atoms with Crippen LogP contribution in [0.4, 0.5) is 0 Å². The molecule has 1 aromatic carbocycles. The van der Waals surface area contributed by atoms with Crippen LogP contribution >= 0.6 is 0 Å². The monoisotopic (exact) mass is 317 g/mol. The van der Waals surface area contributed by atoms with Gasteiger partial charge in [0.1, 0.15) is 0 Å². The van der Waals surface area contributed by atoms with E-state index in [2.05, 4.69) is 0 Å². The maximum Gasteiger partial charge on any atom is 0.187 e. The first-order valence-corrected chi connectivity index (χ1v) is 8.73. The molecule has 1 aromatic rings. The van der Waals surface area contributed by atoms with Crippen LogP contribution < -0.4 is 0 Å². The second-order valence-electron chi connectivity index (χ2n) is 5.91. The molecule has 22 heavy (non-hydrogen) atoms. The molecule has 0 radical (unpaired) electrons. The van der Waals surface area contributed by atoms with Crippen LogP contribution in [0.3, 0.4) is 0 Å². The molecule has 0 N–H and O–H groups in total. The van der Waals surface area contributed by atoms with Crippen molar-refractivity contribution in [3.05, 3.63) is 53.6 Å². The lowest BCUT2D eigenvalue weighted by atomic mass is 10.0. The van der Waals surface area contributed by atoms with Gasteiger partial charge >= 0.3 is 0 Å². The number of sulfone groups is 1. The van der Waals surface area contributed by atoms with E-state index in [0.29, 0.717) is 17.7 Å². The first-order valence-electron chi connectivity index (χ1n) is 7.25.